The first-order chi connectivity index (χ1) is 10.4. The third-order valence-electron chi connectivity index (χ3n) is 4.04. The van der Waals surface area contributed by atoms with Crippen LogP contribution in [-0.2, 0) is 0 Å². The van der Waals surface area contributed by atoms with Crippen molar-refractivity contribution in [3.8, 4) is 0 Å². The number of rotatable bonds is 2. The smallest absolute Gasteiger partial charge is 0.0626 e. The summed E-state index contributed by atoms with van der Waals surface area (Å²) < 4.78 is 0. The maximum Gasteiger partial charge on any atom is 0.0875 e. The maximum atomic E-state index is 2.36. The molecule has 1 heteroatoms. The summed E-state index contributed by atoms with van der Waals surface area (Å²) in [6.07, 6.45) is 0. The summed E-state index contributed by atoms with van der Waals surface area (Å²) in [5.41, 5.74) is 0. The van der Waals surface area contributed by atoms with Crippen LogP contribution in [-0.4, -0.2) is 9.52 Å². The quantitative estimate of drug-likeness (QED) is 0.496. The zero-order chi connectivity index (χ0) is 14.1. The zero-order valence-electron chi connectivity index (χ0n) is 11.8. The first kappa shape index (κ1) is 12.4. The molecule has 0 atom stereocenters. The molecule has 0 nitrogen and oxygen atoms in total. The lowest BCUT2D eigenvalue weighted by molar-refractivity contribution is 1.77. The third-order valence-corrected chi connectivity index (χ3v) is 5.73. The summed E-state index contributed by atoms with van der Waals surface area (Å²) in [7, 11) is -0.411. The van der Waals surface area contributed by atoms with Crippen LogP contribution in [0.25, 0.3) is 21.5 Å². The second-order valence-corrected chi connectivity index (χ2v) is 7.53. The van der Waals surface area contributed by atoms with Crippen molar-refractivity contribution in [3.05, 3.63) is 84.9 Å². The van der Waals surface area contributed by atoms with Gasteiger partial charge in [-0.15, -0.1) is 0 Å². The van der Waals surface area contributed by atoms with Gasteiger partial charge in [0.05, 0.1) is 9.52 Å². The van der Waals surface area contributed by atoms with E-state index in [0.717, 1.165) is 0 Å². The molecule has 4 aromatic carbocycles. The fourth-order valence-corrected chi connectivity index (χ4v) is 4.52. The molecule has 0 radical (unpaired) electrons. The lowest BCUT2D eigenvalue weighted by Crippen LogP contribution is -2.26. The van der Waals surface area contributed by atoms with Crippen molar-refractivity contribution in [2.24, 2.45) is 0 Å². The second kappa shape index (κ2) is 5.19. The van der Waals surface area contributed by atoms with Crippen molar-refractivity contribution in [1.82, 2.24) is 0 Å². The van der Waals surface area contributed by atoms with E-state index in [1.165, 1.54) is 31.9 Å². The van der Waals surface area contributed by atoms with Crippen molar-refractivity contribution in [2.45, 2.75) is 0 Å². The lowest BCUT2D eigenvalue weighted by Gasteiger charge is -2.05. The van der Waals surface area contributed by atoms with Gasteiger partial charge < -0.3 is 0 Å². The summed E-state index contributed by atoms with van der Waals surface area (Å²) in [6, 6.07) is 31.0. The maximum absolute atomic E-state index is 2.36. The first-order valence-corrected chi connectivity index (χ1v) is 8.75. The third kappa shape index (κ3) is 2.48. The molecule has 0 N–H and O–H groups in total. The molecule has 0 aliphatic carbocycles. The number of hydrogen-bond acceptors (Lipinski definition) is 0. The average molecular weight is 284 g/mol. The van der Waals surface area contributed by atoms with E-state index >= 15 is 0 Å². The highest BCUT2D eigenvalue weighted by atomic mass is 28.2. The molecule has 0 unspecified atom stereocenters. The number of benzene rings is 4. The highest BCUT2D eigenvalue weighted by Gasteiger charge is 2.01. The predicted octanol–water partition coefficient (Wildman–Crippen LogP) is 3.11. The molecule has 0 aliphatic rings. The second-order valence-electron chi connectivity index (χ2n) is 5.54. The van der Waals surface area contributed by atoms with Gasteiger partial charge in [-0.3, -0.25) is 0 Å². The fourth-order valence-electron chi connectivity index (χ4n) is 2.93. The van der Waals surface area contributed by atoms with Crippen LogP contribution in [0.2, 0.25) is 0 Å². The van der Waals surface area contributed by atoms with Crippen LogP contribution in [0.4, 0.5) is 0 Å². The predicted molar refractivity (Wildman–Crippen MR) is 95.7 cm³/mol. The molecule has 0 heterocycles. The van der Waals surface area contributed by atoms with Gasteiger partial charge in [0.15, 0.2) is 0 Å². The Hall–Kier alpha value is -2.38. The van der Waals surface area contributed by atoms with E-state index in [-0.39, 0.29) is 0 Å². The van der Waals surface area contributed by atoms with Crippen LogP contribution in [0.3, 0.4) is 0 Å². The van der Waals surface area contributed by atoms with Gasteiger partial charge in [-0.25, -0.2) is 0 Å². The van der Waals surface area contributed by atoms with Crippen LogP contribution in [0.5, 0.6) is 0 Å². The topological polar surface area (TPSA) is 0 Å². The zero-order valence-corrected chi connectivity index (χ0v) is 13.2. The summed E-state index contributed by atoms with van der Waals surface area (Å²) in [5, 5.41) is 8.36. The molecule has 0 amide bonds. The molecule has 100 valence electrons. The van der Waals surface area contributed by atoms with Gasteiger partial charge in [0.2, 0.25) is 0 Å². The van der Waals surface area contributed by atoms with Gasteiger partial charge in [-0.1, -0.05) is 95.3 Å². The highest BCUT2D eigenvalue weighted by Crippen LogP contribution is 2.12. The molecular formula is C20H16Si. The minimum absolute atomic E-state index is 0.411. The minimum Gasteiger partial charge on any atom is -0.0626 e. The van der Waals surface area contributed by atoms with Gasteiger partial charge in [0.1, 0.15) is 0 Å². The SMILES string of the molecule is c1ccc2cc([SiH2]c3ccc4ccccc4c3)ccc2c1. The minimum atomic E-state index is -0.411. The summed E-state index contributed by atoms with van der Waals surface area (Å²) in [4.78, 5) is 0. The molecule has 21 heavy (non-hydrogen) atoms. The fraction of sp³-hybridized carbons (Fsp3) is 0. The van der Waals surface area contributed by atoms with Gasteiger partial charge in [-0.2, -0.15) is 0 Å². The Balaban J connectivity index is 1.71. The van der Waals surface area contributed by atoms with E-state index in [2.05, 4.69) is 84.9 Å². The molecule has 0 aromatic heterocycles. The van der Waals surface area contributed by atoms with E-state index in [1.807, 2.05) is 0 Å². The summed E-state index contributed by atoms with van der Waals surface area (Å²) in [5.74, 6) is 0. The monoisotopic (exact) mass is 284 g/mol. The molecule has 4 rings (SSSR count). The largest absolute Gasteiger partial charge is 0.0875 e. The summed E-state index contributed by atoms with van der Waals surface area (Å²) >= 11 is 0. The van der Waals surface area contributed by atoms with Crippen LogP contribution in [0.1, 0.15) is 0 Å². The van der Waals surface area contributed by atoms with E-state index < -0.39 is 9.52 Å². The molecule has 0 saturated carbocycles. The van der Waals surface area contributed by atoms with Crippen LogP contribution in [0.15, 0.2) is 84.9 Å². The molecule has 0 aliphatic heterocycles. The van der Waals surface area contributed by atoms with E-state index in [4.69, 9.17) is 0 Å². The molecule has 4 aromatic rings. The Morgan fingerprint density at radius 3 is 1.33 bits per heavy atom. The molecule has 0 bridgehead atoms. The van der Waals surface area contributed by atoms with Gasteiger partial charge >= 0.3 is 0 Å². The Labute approximate surface area is 126 Å². The van der Waals surface area contributed by atoms with Gasteiger partial charge in [0.25, 0.3) is 0 Å². The molecule has 0 spiro atoms. The van der Waals surface area contributed by atoms with Crippen molar-refractivity contribution < 1.29 is 0 Å². The van der Waals surface area contributed by atoms with Crippen LogP contribution >= 0.6 is 0 Å². The Morgan fingerprint density at radius 1 is 0.429 bits per heavy atom. The average Bonchev–Trinajstić information content (AvgIpc) is 2.55. The van der Waals surface area contributed by atoms with E-state index in [9.17, 15) is 0 Å². The van der Waals surface area contributed by atoms with Crippen LogP contribution in [0, 0.1) is 0 Å². The number of fused-ring (bicyclic) bond motifs is 2. The highest BCUT2D eigenvalue weighted by molar-refractivity contribution is 6.67. The van der Waals surface area contributed by atoms with E-state index in [1.54, 1.807) is 0 Å². The summed E-state index contributed by atoms with van der Waals surface area (Å²) in [6.45, 7) is 0. The van der Waals surface area contributed by atoms with Crippen LogP contribution < -0.4 is 10.4 Å². The Morgan fingerprint density at radius 2 is 0.857 bits per heavy atom. The Bertz CT molecular complexity index is 847. The van der Waals surface area contributed by atoms with Gasteiger partial charge in [-0.05, 0) is 21.5 Å². The van der Waals surface area contributed by atoms with Crippen molar-refractivity contribution in [3.63, 3.8) is 0 Å². The van der Waals surface area contributed by atoms with Crippen molar-refractivity contribution in [1.29, 1.82) is 0 Å². The van der Waals surface area contributed by atoms with E-state index in [0.29, 0.717) is 0 Å². The number of hydrogen-bond donors (Lipinski definition) is 0. The van der Waals surface area contributed by atoms with Crippen molar-refractivity contribution in [2.75, 3.05) is 0 Å². The lowest BCUT2D eigenvalue weighted by atomic mass is 10.1. The van der Waals surface area contributed by atoms with Crippen molar-refractivity contribution >= 4 is 41.4 Å². The Kier molecular flexibility index (Phi) is 3.06. The standard InChI is InChI=1S/C20H16Si/c1-3-7-17-13-19(11-9-15(17)5-1)21-20-12-10-16-6-2-4-8-18(16)14-20/h1-14H,21H2. The van der Waals surface area contributed by atoms with Gasteiger partial charge in [0, 0.05) is 0 Å². The first-order valence-electron chi connectivity index (χ1n) is 7.34. The normalized spacial score (nSPS) is 11.0. The molecule has 0 fully saturated rings. The molecular weight excluding hydrogens is 268 g/mol. The molecule has 0 saturated heterocycles.